The lowest BCUT2D eigenvalue weighted by Gasteiger charge is -2.24. The number of likely N-dealkylation sites (tertiary alicyclic amines) is 1. The second-order valence-electron chi connectivity index (χ2n) is 5.90. The molecule has 5 nitrogen and oxygen atoms in total. The van der Waals surface area contributed by atoms with E-state index in [1.807, 2.05) is 30.5 Å². The smallest absolute Gasteiger partial charge is 0.242 e. The molecule has 3 N–H and O–H groups in total. The molecule has 0 aromatic carbocycles. The average molecular weight is 352 g/mol. The van der Waals surface area contributed by atoms with Gasteiger partial charge in [0, 0.05) is 18.3 Å². The van der Waals surface area contributed by atoms with Gasteiger partial charge in [0.1, 0.15) is 0 Å². The van der Waals surface area contributed by atoms with Crippen LogP contribution in [0.1, 0.15) is 40.0 Å². The second-order valence-corrected chi connectivity index (χ2v) is 7.48. The first-order valence-electron chi connectivity index (χ1n) is 7.88. The zero-order valence-corrected chi connectivity index (χ0v) is 15.5. The minimum atomic E-state index is -0.551. The molecule has 0 aromatic heterocycles. The van der Waals surface area contributed by atoms with E-state index in [4.69, 9.17) is 5.73 Å². The minimum absolute atomic E-state index is 0. The van der Waals surface area contributed by atoms with Gasteiger partial charge >= 0.3 is 0 Å². The summed E-state index contributed by atoms with van der Waals surface area (Å²) >= 11 is 1.92. The SMILES string of the molecule is CCSC1CCCCN(C(=O)CNC(=O)[C@@H](N)C(C)C)C1.Cl. The quantitative estimate of drug-likeness (QED) is 0.762. The highest BCUT2D eigenvalue weighted by atomic mass is 35.5. The summed E-state index contributed by atoms with van der Waals surface area (Å²) in [6.45, 7) is 7.59. The fourth-order valence-electron chi connectivity index (χ4n) is 2.40. The van der Waals surface area contributed by atoms with Gasteiger partial charge in [0.2, 0.25) is 11.8 Å². The Kier molecular flexibility index (Phi) is 10.9. The summed E-state index contributed by atoms with van der Waals surface area (Å²) in [5, 5.41) is 3.19. The van der Waals surface area contributed by atoms with Crippen LogP contribution in [-0.2, 0) is 9.59 Å². The van der Waals surface area contributed by atoms with Crippen molar-refractivity contribution in [3.63, 3.8) is 0 Å². The van der Waals surface area contributed by atoms with Gasteiger partial charge in [-0.25, -0.2) is 0 Å². The van der Waals surface area contributed by atoms with Crippen LogP contribution in [0.15, 0.2) is 0 Å². The third-order valence-electron chi connectivity index (χ3n) is 3.82. The van der Waals surface area contributed by atoms with Crippen LogP contribution in [0.3, 0.4) is 0 Å². The molecular formula is C15H30ClN3O2S. The Hall–Kier alpha value is -0.460. The Morgan fingerprint density at radius 1 is 1.36 bits per heavy atom. The lowest BCUT2D eigenvalue weighted by molar-refractivity contribution is -0.133. The van der Waals surface area contributed by atoms with Crippen molar-refractivity contribution in [2.45, 2.75) is 51.3 Å². The second kappa shape index (κ2) is 11.1. The van der Waals surface area contributed by atoms with E-state index in [-0.39, 0.29) is 36.7 Å². The first-order chi connectivity index (χ1) is 9.95. The number of rotatable bonds is 6. The van der Waals surface area contributed by atoms with Crippen LogP contribution >= 0.6 is 24.2 Å². The van der Waals surface area contributed by atoms with Crippen LogP contribution in [0.2, 0.25) is 0 Å². The predicted octanol–water partition coefficient (Wildman–Crippen LogP) is 1.64. The van der Waals surface area contributed by atoms with E-state index in [2.05, 4.69) is 12.2 Å². The highest BCUT2D eigenvalue weighted by Crippen LogP contribution is 2.21. The Balaban J connectivity index is 0.00000441. The van der Waals surface area contributed by atoms with Crippen molar-refractivity contribution in [3.05, 3.63) is 0 Å². The Morgan fingerprint density at radius 2 is 2.05 bits per heavy atom. The first-order valence-corrected chi connectivity index (χ1v) is 8.93. The summed E-state index contributed by atoms with van der Waals surface area (Å²) in [5.41, 5.74) is 5.77. The molecule has 1 fully saturated rings. The summed E-state index contributed by atoms with van der Waals surface area (Å²) in [4.78, 5) is 25.9. The number of nitrogens with one attached hydrogen (secondary N) is 1. The van der Waals surface area contributed by atoms with Crippen molar-refractivity contribution in [2.24, 2.45) is 11.7 Å². The fourth-order valence-corrected chi connectivity index (χ4v) is 3.49. The summed E-state index contributed by atoms with van der Waals surface area (Å²) in [6.07, 6.45) is 3.39. The normalized spacial score (nSPS) is 20.0. The topological polar surface area (TPSA) is 75.4 Å². The fraction of sp³-hybridized carbons (Fsp3) is 0.867. The maximum Gasteiger partial charge on any atom is 0.242 e. The van der Waals surface area contributed by atoms with Crippen LogP contribution in [0.4, 0.5) is 0 Å². The van der Waals surface area contributed by atoms with Crippen molar-refractivity contribution < 1.29 is 9.59 Å². The first kappa shape index (κ1) is 21.5. The summed E-state index contributed by atoms with van der Waals surface area (Å²) < 4.78 is 0. The highest BCUT2D eigenvalue weighted by molar-refractivity contribution is 7.99. The molecule has 7 heteroatoms. The molecule has 2 amide bonds. The summed E-state index contributed by atoms with van der Waals surface area (Å²) in [6, 6.07) is -0.551. The third kappa shape index (κ3) is 7.20. The van der Waals surface area contributed by atoms with E-state index in [0.29, 0.717) is 5.25 Å². The molecule has 1 unspecified atom stereocenters. The molecule has 0 radical (unpaired) electrons. The molecule has 0 saturated carbocycles. The lowest BCUT2D eigenvalue weighted by atomic mass is 10.1. The van der Waals surface area contributed by atoms with Crippen LogP contribution in [0, 0.1) is 5.92 Å². The van der Waals surface area contributed by atoms with E-state index in [0.717, 1.165) is 25.3 Å². The van der Waals surface area contributed by atoms with E-state index < -0.39 is 6.04 Å². The average Bonchev–Trinajstić information content (AvgIpc) is 2.69. The molecule has 1 aliphatic rings. The van der Waals surface area contributed by atoms with E-state index in [1.54, 1.807) is 0 Å². The van der Waals surface area contributed by atoms with Crippen molar-refractivity contribution in [1.29, 1.82) is 0 Å². The van der Waals surface area contributed by atoms with Crippen molar-refractivity contribution in [1.82, 2.24) is 10.2 Å². The highest BCUT2D eigenvalue weighted by Gasteiger charge is 2.23. The molecule has 1 rings (SSSR count). The predicted molar refractivity (Wildman–Crippen MR) is 95.4 cm³/mol. The minimum Gasteiger partial charge on any atom is -0.346 e. The zero-order valence-electron chi connectivity index (χ0n) is 13.8. The standard InChI is InChI=1S/C15H29N3O2S.ClH/c1-4-21-12-7-5-6-8-18(10-12)13(19)9-17-15(20)14(16)11(2)3;/h11-12,14H,4-10,16H2,1-3H3,(H,17,20);1H/t12?,14-;/m0./s1. The third-order valence-corrected chi connectivity index (χ3v) is 5.01. The number of carbonyl (C=O) groups excluding carboxylic acids is 2. The number of carbonyl (C=O) groups is 2. The van der Waals surface area contributed by atoms with Gasteiger partial charge in [-0.15, -0.1) is 12.4 Å². The van der Waals surface area contributed by atoms with Crippen molar-refractivity contribution in [3.8, 4) is 0 Å². The van der Waals surface area contributed by atoms with E-state index in [1.165, 1.54) is 12.8 Å². The van der Waals surface area contributed by atoms with Crippen LogP contribution in [0.25, 0.3) is 0 Å². The summed E-state index contributed by atoms with van der Waals surface area (Å²) in [7, 11) is 0. The van der Waals surface area contributed by atoms with Gasteiger partial charge in [-0.3, -0.25) is 9.59 Å². The van der Waals surface area contributed by atoms with Gasteiger partial charge in [-0.05, 0) is 24.5 Å². The van der Waals surface area contributed by atoms with Gasteiger partial charge in [0.05, 0.1) is 12.6 Å². The Bertz CT molecular complexity index is 356. The van der Waals surface area contributed by atoms with Crippen LogP contribution < -0.4 is 11.1 Å². The Labute approximate surface area is 144 Å². The molecule has 1 saturated heterocycles. The van der Waals surface area contributed by atoms with Gasteiger partial charge in [-0.1, -0.05) is 27.2 Å². The van der Waals surface area contributed by atoms with Crippen LogP contribution in [0.5, 0.6) is 0 Å². The molecule has 22 heavy (non-hydrogen) atoms. The molecule has 1 heterocycles. The van der Waals surface area contributed by atoms with E-state index in [9.17, 15) is 9.59 Å². The molecule has 0 aromatic rings. The number of thioether (sulfide) groups is 1. The molecule has 0 bridgehead atoms. The Morgan fingerprint density at radius 3 is 2.64 bits per heavy atom. The molecular weight excluding hydrogens is 322 g/mol. The zero-order chi connectivity index (χ0) is 15.8. The number of amides is 2. The van der Waals surface area contributed by atoms with Crippen molar-refractivity contribution >= 4 is 36.0 Å². The van der Waals surface area contributed by atoms with Gasteiger partial charge in [0.25, 0.3) is 0 Å². The molecule has 1 aliphatic heterocycles. The molecule has 2 atom stereocenters. The maximum absolute atomic E-state index is 12.3. The number of nitrogens with two attached hydrogens (primary N) is 1. The summed E-state index contributed by atoms with van der Waals surface area (Å²) in [5.74, 6) is 0.909. The molecule has 130 valence electrons. The monoisotopic (exact) mass is 351 g/mol. The maximum atomic E-state index is 12.3. The van der Waals surface area contributed by atoms with E-state index >= 15 is 0 Å². The lowest BCUT2D eigenvalue weighted by Crippen LogP contribution is -2.48. The number of nitrogens with zero attached hydrogens (tertiary/aromatic N) is 1. The molecule has 0 aliphatic carbocycles. The number of hydrogen-bond donors (Lipinski definition) is 2. The van der Waals surface area contributed by atoms with Crippen molar-refractivity contribution in [2.75, 3.05) is 25.4 Å². The van der Waals surface area contributed by atoms with Crippen LogP contribution in [-0.4, -0.2) is 53.4 Å². The van der Waals surface area contributed by atoms with Gasteiger partial charge < -0.3 is 16.0 Å². The largest absolute Gasteiger partial charge is 0.346 e. The van der Waals surface area contributed by atoms with Gasteiger partial charge in [-0.2, -0.15) is 11.8 Å². The molecule has 0 spiro atoms. The number of halogens is 1. The number of hydrogen-bond acceptors (Lipinski definition) is 4. The van der Waals surface area contributed by atoms with Gasteiger partial charge in [0.15, 0.2) is 0 Å².